The van der Waals surface area contributed by atoms with E-state index < -0.39 is 0 Å². The van der Waals surface area contributed by atoms with Crippen molar-refractivity contribution in [2.24, 2.45) is 0 Å². The zero-order valence-electron chi connectivity index (χ0n) is 18.7. The van der Waals surface area contributed by atoms with Crippen molar-refractivity contribution in [3.63, 3.8) is 0 Å². The first-order chi connectivity index (χ1) is 16.5. The molecule has 0 saturated carbocycles. The van der Waals surface area contributed by atoms with E-state index in [1.54, 1.807) is 18.2 Å². The van der Waals surface area contributed by atoms with E-state index in [1.807, 2.05) is 42.7 Å². The van der Waals surface area contributed by atoms with Gasteiger partial charge in [0, 0.05) is 16.1 Å². The third kappa shape index (κ3) is 4.54. The largest absolute Gasteiger partial charge is 0.486 e. The van der Waals surface area contributed by atoms with Crippen LogP contribution in [0, 0.1) is 13.8 Å². The van der Waals surface area contributed by atoms with Crippen LogP contribution in [0.4, 0.5) is 0 Å². The van der Waals surface area contributed by atoms with Crippen LogP contribution >= 0.6 is 23.4 Å². The van der Waals surface area contributed by atoms with Gasteiger partial charge in [-0.3, -0.25) is 9.36 Å². The minimum atomic E-state index is -0.0261. The van der Waals surface area contributed by atoms with Crippen molar-refractivity contribution in [3.05, 3.63) is 82.4 Å². The lowest BCUT2D eigenvalue weighted by Crippen LogP contribution is -2.16. The number of hydrogen-bond donors (Lipinski definition) is 0. The van der Waals surface area contributed by atoms with Gasteiger partial charge in [0.2, 0.25) is 0 Å². The Morgan fingerprint density at radius 3 is 2.65 bits per heavy atom. The van der Waals surface area contributed by atoms with E-state index in [-0.39, 0.29) is 11.5 Å². The summed E-state index contributed by atoms with van der Waals surface area (Å²) in [6.45, 7) is 5.08. The number of carbonyl (C=O) groups excluding carboxylic acids is 1. The van der Waals surface area contributed by atoms with Crippen LogP contribution < -0.4 is 9.47 Å². The maximum Gasteiger partial charge on any atom is 0.196 e. The van der Waals surface area contributed by atoms with Crippen molar-refractivity contribution >= 4 is 29.1 Å². The Kier molecular flexibility index (Phi) is 6.30. The topological polar surface area (TPSA) is 66.2 Å². The molecule has 4 aromatic rings. The van der Waals surface area contributed by atoms with Crippen LogP contribution in [0.1, 0.15) is 21.5 Å². The van der Waals surface area contributed by atoms with Gasteiger partial charge in [0.1, 0.15) is 13.2 Å². The van der Waals surface area contributed by atoms with Crippen LogP contribution in [-0.4, -0.2) is 39.5 Å². The summed E-state index contributed by atoms with van der Waals surface area (Å²) in [6.07, 6.45) is 0. The fourth-order valence-corrected chi connectivity index (χ4v) is 4.82. The third-order valence-electron chi connectivity index (χ3n) is 5.52. The zero-order valence-corrected chi connectivity index (χ0v) is 20.3. The molecule has 1 aliphatic heterocycles. The van der Waals surface area contributed by atoms with E-state index in [1.165, 1.54) is 11.8 Å². The van der Waals surface area contributed by atoms with Gasteiger partial charge in [-0.1, -0.05) is 47.6 Å². The number of benzene rings is 3. The molecule has 1 aliphatic rings. The van der Waals surface area contributed by atoms with E-state index >= 15 is 0 Å². The summed E-state index contributed by atoms with van der Waals surface area (Å²) in [5.74, 6) is 2.12. The van der Waals surface area contributed by atoms with Crippen molar-refractivity contribution in [1.82, 2.24) is 14.8 Å². The molecule has 0 unspecified atom stereocenters. The number of ketones is 1. The summed E-state index contributed by atoms with van der Waals surface area (Å²) >= 11 is 7.60. The highest BCUT2D eigenvalue weighted by Gasteiger charge is 2.20. The molecule has 5 rings (SSSR count). The fourth-order valence-electron chi connectivity index (χ4n) is 3.79. The Hall–Kier alpha value is -3.29. The highest BCUT2D eigenvalue weighted by atomic mass is 35.5. The Bertz CT molecular complexity index is 1390. The number of fused-ring (bicyclic) bond motifs is 1. The van der Waals surface area contributed by atoms with Gasteiger partial charge in [-0.2, -0.15) is 0 Å². The predicted molar refractivity (Wildman–Crippen MR) is 134 cm³/mol. The zero-order chi connectivity index (χ0) is 23.7. The fraction of sp³-hybridized carbons (Fsp3) is 0.192. The number of thioether (sulfide) groups is 1. The molecule has 0 spiro atoms. The minimum Gasteiger partial charge on any atom is -0.486 e. The Morgan fingerprint density at radius 1 is 1.00 bits per heavy atom. The third-order valence-corrected chi connectivity index (χ3v) is 6.68. The number of aromatic nitrogens is 3. The normalized spacial score (nSPS) is 12.6. The summed E-state index contributed by atoms with van der Waals surface area (Å²) < 4.78 is 13.2. The van der Waals surface area contributed by atoms with Crippen LogP contribution in [0.25, 0.3) is 17.1 Å². The van der Waals surface area contributed by atoms with Crippen molar-refractivity contribution in [2.75, 3.05) is 19.0 Å². The molecular weight excluding hydrogens is 470 g/mol. The average molecular weight is 492 g/mol. The molecule has 6 nitrogen and oxygen atoms in total. The smallest absolute Gasteiger partial charge is 0.196 e. The van der Waals surface area contributed by atoms with Gasteiger partial charge in [0.05, 0.1) is 11.4 Å². The van der Waals surface area contributed by atoms with E-state index in [4.69, 9.17) is 21.1 Å². The van der Waals surface area contributed by atoms with Crippen molar-refractivity contribution in [2.45, 2.75) is 19.0 Å². The highest BCUT2D eigenvalue weighted by Crippen LogP contribution is 2.33. The minimum absolute atomic E-state index is 0.0261. The summed E-state index contributed by atoms with van der Waals surface area (Å²) in [6, 6.07) is 19.1. The molecule has 0 saturated heterocycles. The van der Waals surface area contributed by atoms with Crippen molar-refractivity contribution < 1.29 is 14.3 Å². The number of carbonyl (C=O) groups is 1. The van der Waals surface area contributed by atoms with Gasteiger partial charge >= 0.3 is 0 Å². The van der Waals surface area contributed by atoms with Crippen molar-refractivity contribution in [3.8, 4) is 28.6 Å². The predicted octanol–water partition coefficient (Wildman–Crippen LogP) is 5.95. The molecule has 0 radical (unpaired) electrons. The first-order valence-corrected chi connectivity index (χ1v) is 12.2. The maximum absolute atomic E-state index is 13.0. The van der Waals surface area contributed by atoms with Crippen LogP contribution in [0.3, 0.4) is 0 Å². The molecule has 34 heavy (non-hydrogen) atoms. The van der Waals surface area contributed by atoms with Gasteiger partial charge in [-0.25, -0.2) is 0 Å². The van der Waals surface area contributed by atoms with Crippen LogP contribution in [-0.2, 0) is 0 Å². The van der Waals surface area contributed by atoms with Gasteiger partial charge in [-0.15, -0.1) is 10.2 Å². The first kappa shape index (κ1) is 22.5. The van der Waals surface area contributed by atoms with Crippen LogP contribution in [0.15, 0.2) is 65.8 Å². The lowest BCUT2D eigenvalue weighted by molar-refractivity contribution is 0.102. The van der Waals surface area contributed by atoms with E-state index in [0.29, 0.717) is 46.3 Å². The monoisotopic (exact) mass is 491 g/mol. The molecule has 0 N–H and O–H groups in total. The number of aryl methyl sites for hydroxylation is 2. The van der Waals surface area contributed by atoms with Gasteiger partial charge in [0.25, 0.3) is 0 Å². The molecule has 172 valence electrons. The number of rotatable bonds is 6. The van der Waals surface area contributed by atoms with Gasteiger partial charge in [0.15, 0.2) is 28.3 Å². The Labute approximate surface area is 206 Å². The molecule has 0 fully saturated rings. The molecule has 3 aromatic carbocycles. The summed E-state index contributed by atoms with van der Waals surface area (Å²) in [5.41, 5.74) is 4.59. The summed E-state index contributed by atoms with van der Waals surface area (Å²) in [7, 11) is 0. The van der Waals surface area contributed by atoms with Crippen molar-refractivity contribution in [1.29, 1.82) is 0 Å². The molecule has 2 heterocycles. The Balaban J connectivity index is 1.48. The lowest BCUT2D eigenvalue weighted by Gasteiger charge is -2.18. The first-order valence-electron chi connectivity index (χ1n) is 10.8. The van der Waals surface area contributed by atoms with Gasteiger partial charge in [-0.05, 0) is 61.4 Å². The molecule has 8 heteroatoms. The molecule has 0 atom stereocenters. The number of ether oxygens (including phenoxy) is 2. The number of nitrogens with zero attached hydrogens (tertiary/aromatic N) is 3. The maximum atomic E-state index is 13.0. The second kappa shape index (κ2) is 9.52. The quantitative estimate of drug-likeness (QED) is 0.245. The number of halogens is 1. The molecular formula is C26H22ClN3O3S. The summed E-state index contributed by atoms with van der Waals surface area (Å²) in [4.78, 5) is 13.0. The molecule has 0 aliphatic carbocycles. The van der Waals surface area contributed by atoms with Crippen LogP contribution in [0.2, 0.25) is 5.02 Å². The lowest BCUT2D eigenvalue weighted by atomic mass is 10.1. The van der Waals surface area contributed by atoms with E-state index in [0.717, 1.165) is 22.4 Å². The second-order valence-electron chi connectivity index (χ2n) is 8.01. The second-order valence-corrected chi connectivity index (χ2v) is 9.39. The molecule has 1 aromatic heterocycles. The number of Topliss-reactive ketones (excluding diaryl/α,β-unsaturated/α-hetero) is 1. The highest BCUT2D eigenvalue weighted by molar-refractivity contribution is 7.99. The van der Waals surface area contributed by atoms with Crippen LogP contribution in [0.5, 0.6) is 11.5 Å². The van der Waals surface area contributed by atoms with E-state index in [2.05, 4.69) is 28.4 Å². The van der Waals surface area contributed by atoms with Gasteiger partial charge < -0.3 is 9.47 Å². The standard InChI is InChI=1S/C26H22ClN3O3S/c1-16-6-7-17(2)21(12-16)30-25(19-4-3-5-20(27)13-19)28-29-26(30)34-15-22(31)18-8-9-23-24(14-18)33-11-10-32-23/h3-9,12-14H,10-11,15H2,1-2H3. The average Bonchev–Trinajstić information content (AvgIpc) is 3.27. The Morgan fingerprint density at radius 2 is 1.82 bits per heavy atom. The molecule has 0 amide bonds. The SMILES string of the molecule is Cc1ccc(C)c(-n2c(SCC(=O)c3ccc4c(c3)OCCO4)nnc2-c2cccc(Cl)c2)c1. The van der Waals surface area contributed by atoms with E-state index in [9.17, 15) is 4.79 Å². The number of hydrogen-bond acceptors (Lipinski definition) is 6. The summed E-state index contributed by atoms with van der Waals surface area (Å²) in [5, 5.41) is 10.2. The molecule has 0 bridgehead atoms.